The molecular weight excluding hydrogens is 596 g/mol. The first-order valence-electron chi connectivity index (χ1n) is 16.6. The first-order chi connectivity index (χ1) is 22.5. The largest absolute Gasteiger partial charge is 0.510 e. The molecule has 244 valence electrons. The van der Waals surface area contributed by atoms with Gasteiger partial charge >= 0.3 is 0 Å². The third kappa shape index (κ3) is 4.56. The maximum atomic E-state index is 14.6. The Morgan fingerprint density at radius 3 is 2.40 bits per heavy atom. The number of hydrogen-bond acceptors (Lipinski definition) is 8. The quantitative estimate of drug-likeness (QED) is 0.453. The molecule has 4 unspecified atom stereocenters. The lowest BCUT2D eigenvalue weighted by Gasteiger charge is -2.46. The van der Waals surface area contributed by atoms with E-state index in [1.54, 1.807) is 6.07 Å². The van der Waals surface area contributed by atoms with Crippen molar-refractivity contribution in [2.24, 2.45) is 29.4 Å². The van der Waals surface area contributed by atoms with Crippen LogP contribution in [0.1, 0.15) is 45.5 Å². The molecule has 1 saturated heterocycles. The number of phenols is 1. The normalized spacial score (nSPS) is 27.1. The zero-order chi connectivity index (χ0) is 32.9. The van der Waals surface area contributed by atoms with Crippen molar-refractivity contribution < 1.29 is 29.3 Å². The highest BCUT2D eigenvalue weighted by Crippen LogP contribution is 2.61. The standard InChI is InChI=1S/C37H40N4O6/c1-39(2)31-24-17-21-16-23-22(19-5-4-6-20(15-19)37(46)41-13-11-40(3)12-14-41)9-10-25(42)27(23)32(43)26(21)35-28(24)29(30(33(31)44)36(38)45)34(47-35)18-7-8-18/h4-6,9-10,15,18,21,24,28,31,42,44H,7-8,11-14,16-17H2,1-3H3,(H2,38,45). The molecule has 10 heteroatoms. The molecule has 2 aromatic rings. The summed E-state index contributed by atoms with van der Waals surface area (Å²) in [7, 11) is 5.80. The predicted octanol–water partition coefficient (Wildman–Crippen LogP) is 3.63. The molecule has 0 radical (unpaired) electrons. The van der Waals surface area contributed by atoms with Crippen LogP contribution in [0.2, 0.25) is 0 Å². The van der Waals surface area contributed by atoms with Gasteiger partial charge in [-0.15, -0.1) is 0 Å². The molecule has 0 bridgehead atoms. The van der Waals surface area contributed by atoms with Crippen LogP contribution < -0.4 is 5.73 Å². The Hall–Kier alpha value is -4.41. The van der Waals surface area contributed by atoms with Gasteiger partial charge in [0.15, 0.2) is 5.78 Å². The van der Waals surface area contributed by atoms with Crippen molar-refractivity contribution in [2.75, 3.05) is 47.3 Å². The number of aromatic hydroxyl groups is 1. The van der Waals surface area contributed by atoms with E-state index in [-0.39, 0.29) is 58.0 Å². The molecule has 2 amide bonds. The van der Waals surface area contributed by atoms with Crippen molar-refractivity contribution in [3.05, 3.63) is 87.1 Å². The van der Waals surface area contributed by atoms with Crippen LogP contribution in [0, 0.1) is 23.7 Å². The number of carbonyl (C=O) groups excluding carboxylic acids is 3. The van der Waals surface area contributed by atoms with Crippen molar-refractivity contribution in [3.8, 4) is 16.9 Å². The number of nitrogens with zero attached hydrogens (tertiary/aromatic N) is 3. The monoisotopic (exact) mass is 636 g/mol. The van der Waals surface area contributed by atoms with Crippen LogP contribution in [0.4, 0.5) is 0 Å². The van der Waals surface area contributed by atoms with Crippen molar-refractivity contribution >= 4 is 17.6 Å². The molecule has 0 spiro atoms. The van der Waals surface area contributed by atoms with E-state index in [0.717, 1.165) is 42.6 Å². The molecule has 6 aliphatic rings. The molecule has 47 heavy (non-hydrogen) atoms. The third-order valence-corrected chi connectivity index (χ3v) is 11.1. The number of rotatable bonds is 5. The summed E-state index contributed by atoms with van der Waals surface area (Å²) in [5, 5.41) is 22.7. The average Bonchev–Trinajstić information content (AvgIpc) is 3.81. The van der Waals surface area contributed by atoms with Crippen LogP contribution >= 0.6 is 0 Å². The highest BCUT2D eigenvalue weighted by atomic mass is 16.5. The van der Waals surface area contributed by atoms with Crippen molar-refractivity contribution in [1.29, 1.82) is 0 Å². The Bertz CT molecular complexity index is 1840. The molecule has 2 aliphatic heterocycles. The van der Waals surface area contributed by atoms with Gasteiger partial charge in [-0.1, -0.05) is 18.2 Å². The first kappa shape index (κ1) is 30.0. The molecule has 2 aromatic carbocycles. The van der Waals surface area contributed by atoms with E-state index in [0.29, 0.717) is 54.2 Å². The highest BCUT2D eigenvalue weighted by molar-refractivity contribution is 6.14. The van der Waals surface area contributed by atoms with Crippen molar-refractivity contribution in [1.82, 2.24) is 14.7 Å². The Labute approximate surface area is 273 Å². The molecule has 8 rings (SSSR count). The fraction of sp³-hybridized carbons (Fsp3) is 0.432. The molecule has 2 heterocycles. The number of benzene rings is 2. The van der Waals surface area contributed by atoms with E-state index in [4.69, 9.17) is 10.5 Å². The van der Waals surface area contributed by atoms with E-state index < -0.39 is 11.9 Å². The SMILES string of the molecule is CN1CCN(C(=O)c2cccc(-c3ccc(O)c4c3CC3CC5C6C(=C3C4=O)OC(C3CC3)=C6C(C(N)=O)=C(O)C5N(C)C)c2)CC1. The van der Waals surface area contributed by atoms with Crippen LogP contribution in [0.5, 0.6) is 5.75 Å². The molecule has 4 atom stereocenters. The number of aliphatic hydroxyl groups excluding tert-OH is 1. The lowest BCUT2D eigenvalue weighted by atomic mass is 9.60. The van der Waals surface area contributed by atoms with Crippen LogP contribution in [0.15, 0.2) is 70.4 Å². The molecule has 10 nitrogen and oxygen atoms in total. The summed E-state index contributed by atoms with van der Waals surface area (Å²) in [6.45, 7) is 3.00. The lowest BCUT2D eigenvalue weighted by Crippen LogP contribution is -2.49. The topological polar surface area (TPSA) is 137 Å². The molecule has 1 saturated carbocycles. The number of carbonyl (C=O) groups is 3. The Morgan fingerprint density at radius 1 is 0.979 bits per heavy atom. The summed E-state index contributed by atoms with van der Waals surface area (Å²) in [5.74, 6) is -0.560. The minimum Gasteiger partial charge on any atom is -0.510 e. The van der Waals surface area contributed by atoms with Gasteiger partial charge in [0.05, 0.1) is 23.1 Å². The van der Waals surface area contributed by atoms with E-state index >= 15 is 0 Å². The predicted molar refractivity (Wildman–Crippen MR) is 174 cm³/mol. The summed E-state index contributed by atoms with van der Waals surface area (Å²) in [4.78, 5) is 46.9. The van der Waals surface area contributed by atoms with Gasteiger partial charge in [-0.3, -0.25) is 19.3 Å². The second kappa shape index (κ2) is 10.8. The minimum absolute atomic E-state index is 0.0163. The van der Waals surface area contributed by atoms with Gasteiger partial charge in [0.2, 0.25) is 0 Å². The number of likely N-dealkylation sites (N-methyl/N-ethyl adjacent to an activating group) is 2. The zero-order valence-electron chi connectivity index (χ0n) is 27.0. The second-order valence-corrected chi connectivity index (χ2v) is 14.2. The molecule has 2 fully saturated rings. The van der Waals surface area contributed by atoms with Crippen LogP contribution in [0.25, 0.3) is 11.1 Å². The van der Waals surface area contributed by atoms with Gasteiger partial charge in [0, 0.05) is 48.8 Å². The summed E-state index contributed by atoms with van der Waals surface area (Å²) >= 11 is 0. The van der Waals surface area contributed by atoms with E-state index in [2.05, 4.69) is 11.9 Å². The van der Waals surface area contributed by atoms with Crippen LogP contribution in [-0.4, -0.2) is 95.9 Å². The van der Waals surface area contributed by atoms with E-state index in [9.17, 15) is 24.6 Å². The van der Waals surface area contributed by atoms with E-state index in [1.807, 2.05) is 54.2 Å². The zero-order valence-corrected chi connectivity index (χ0v) is 27.0. The Balaban J connectivity index is 1.22. The number of phenolic OH excluding ortho intramolecular Hbond substituents is 1. The first-order valence-corrected chi connectivity index (χ1v) is 16.6. The number of hydrogen-bond donors (Lipinski definition) is 3. The Morgan fingerprint density at radius 2 is 1.72 bits per heavy atom. The average molecular weight is 637 g/mol. The number of ketones is 1. The maximum absolute atomic E-state index is 14.6. The van der Waals surface area contributed by atoms with Crippen molar-refractivity contribution in [3.63, 3.8) is 0 Å². The smallest absolute Gasteiger partial charge is 0.253 e. The van der Waals surface area contributed by atoms with Crippen molar-refractivity contribution in [2.45, 2.75) is 31.7 Å². The number of aliphatic hydroxyl groups is 1. The second-order valence-electron chi connectivity index (χ2n) is 14.2. The number of allylic oxidation sites excluding steroid dienone is 3. The van der Waals surface area contributed by atoms with Gasteiger partial charge < -0.3 is 30.5 Å². The molecular formula is C37H40N4O6. The van der Waals surface area contributed by atoms with Gasteiger partial charge in [0.25, 0.3) is 11.8 Å². The summed E-state index contributed by atoms with van der Waals surface area (Å²) in [6.07, 6.45) is 2.87. The molecule has 0 aromatic heterocycles. The number of nitrogens with two attached hydrogens (primary N) is 1. The number of Topliss-reactive ketones (excluding diaryl/α,β-unsaturated/α-hetero) is 1. The summed E-state index contributed by atoms with van der Waals surface area (Å²) in [6, 6.07) is 10.4. The van der Waals surface area contributed by atoms with Gasteiger partial charge in [-0.2, -0.15) is 0 Å². The molecule has 4 N–H and O–H groups in total. The number of primary amides is 1. The van der Waals surface area contributed by atoms with Crippen LogP contribution in [-0.2, 0) is 16.0 Å². The fourth-order valence-corrected chi connectivity index (χ4v) is 8.80. The van der Waals surface area contributed by atoms with Crippen LogP contribution in [0.3, 0.4) is 0 Å². The highest BCUT2D eigenvalue weighted by Gasteiger charge is 2.58. The minimum atomic E-state index is -0.700. The third-order valence-electron chi connectivity index (χ3n) is 11.1. The number of fused-ring (bicyclic) bond motifs is 2. The van der Waals surface area contributed by atoms with Gasteiger partial charge in [0.1, 0.15) is 23.0 Å². The number of piperazine rings is 1. The molecule has 4 aliphatic carbocycles. The Kier molecular flexibility index (Phi) is 6.89. The van der Waals surface area contributed by atoms with Gasteiger partial charge in [-0.05, 0) is 93.6 Å². The summed E-state index contributed by atoms with van der Waals surface area (Å²) in [5.41, 5.74) is 10.4. The maximum Gasteiger partial charge on any atom is 0.253 e. The summed E-state index contributed by atoms with van der Waals surface area (Å²) < 4.78 is 6.62. The number of ether oxygens (including phenoxy) is 1. The van der Waals surface area contributed by atoms with Gasteiger partial charge in [-0.25, -0.2) is 0 Å². The lowest BCUT2D eigenvalue weighted by molar-refractivity contribution is -0.114. The number of amides is 2. The van der Waals surface area contributed by atoms with E-state index in [1.165, 1.54) is 0 Å². The fourth-order valence-electron chi connectivity index (χ4n) is 8.80.